The van der Waals surface area contributed by atoms with Gasteiger partial charge in [-0.1, -0.05) is 6.92 Å². The van der Waals surface area contributed by atoms with Gasteiger partial charge in [0, 0.05) is 45.0 Å². The highest BCUT2D eigenvalue weighted by molar-refractivity contribution is 5.79. The third-order valence-electron chi connectivity index (χ3n) is 3.79. The maximum absolute atomic E-state index is 4.64. The Morgan fingerprint density at radius 3 is 2.92 bits per heavy atom. The number of nitrogens with one attached hydrogen (secondary N) is 2. The van der Waals surface area contributed by atoms with Crippen molar-refractivity contribution in [1.82, 2.24) is 30.4 Å². The molecular weight excluding hydrogens is 302 g/mol. The zero-order valence-electron chi connectivity index (χ0n) is 14.8. The Morgan fingerprint density at radius 2 is 2.17 bits per heavy atom. The van der Waals surface area contributed by atoms with Gasteiger partial charge in [0.05, 0.1) is 0 Å². The lowest BCUT2D eigenvalue weighted by Gasteiger charge is -2.12. The van der Waals surface area contributed by atoms with E-state index in [-0.39, 0.29) is 0 Å². The molecule has 0 saturated heterocycles. The lowest BCUT2D eigenvalue weighted by molar-refractivity contribution is 0.632. The number of aliphatic imine (C=N–C) groups is 1. The van der Waals surface area contributed by atoms with Gasteiger partial charge in [-0.05, 0) is 37.5 Å². The van der Waals surface area contributed by atoms with E-state index in [4.69, 9.17) is 0 Å². The van der Waals surface area contributed by atoms with Gasteiger partial charge >= 0.3 is 0 Å². The smallest absolute Gasteiger partial charge is 0.191 e. The number of hydrogen-bond acceptors (Lipinski definition) is 4. The van der Waals surface area contributed by atoms with Gasteiger partial charge in [0.2, 0.25) is 0 Å². The molecule has 0 fully saturated rings. The molecule has 0 saturated carbocycles. The number of nitrogens with zero attached hydrogens (tertiary/aromatic N) is 5. The second kappa shape index (κ2) is 9.64. The van der Waals surface area contributed by atoms with Gasteiger partial charge in [-0.25, -0.2) is 0 Å². The second-order valence-corrected chi connectivity index (χ2v) is 5.53. The summed E-state index contributed by atoms with van der Waals surface area (Å²) in [4.78, 5) is 8.77. The van der Waals surface area contributed by atoms with Crippen LogP contribution in [0.4, 0.5) is 0 Å². The molecule has 2 aromatic rings. The normalized spacial score (nSPS) is 11.5. The van der Waals surface area contributed by atoms with Crippen LogP contribution in [0.5, 0.6) is 0 Å². The number of aromatic nitrogens is 4. The fourth-order valence-corrected chi connectivity index (χ4v) is 2.45. The van der Waals surface area contributed by atoms with Crippen molar-refractivity contribution in [3.05, 3.63) is 41.7 Å². The monoisotopic (exact) mass is 329 g/mol. The van der Waals surface area contributed by atoms with Crippen molar-refractivity contribution in [1.29, 1.82) is 0 Å². The van der Waals surface area contributed by atoms with E-state index in [1.165, 1.54) is 11.1 Å². The molecule has 0 spiro atoms. The molecule has 0 unspecified atom stereocenters. The highest BCUT2D eigenvalue weighted by atomic mass is 15.3. The summed E-state index contributed by atoms with van der Waals surface area (Å²) in [6.07, 6.45) is 7.31. The zero-order valence-corrected chi connectivity index (χ0v) is 14.8. The largest absolute Gasteiger partial charge is 0.357 e. The molecule has 0 aromatic carbocycles. The predicted octanol–water partition coefficient (Wildman–Crippen LogP) is 1.34. The van der Waals surface area contributed by atoms with E-state index in [0.717, 1.165) is 50.8 Å². The minimum absolute atomic E-state index is 0.743. The lowest BCUT2D eigenvalue weighted by Crippen LogP contribution is -2.39. The Kier molecular flexibility index (Phi) is 7.20. The van der Waals surface area contributed by atoms with Gasteiger partial charge < -0.3 is 15.2 Å². The topological polar surface area (TPSA) is 80.0 Å². The van der Waals surface area contributed by atoms with Gasteiger partial charge in [0.25, 0.3) is 0 Å². The van der Waals surface area contributed by atoms with Crippen molar-refractivity contribution in [2.75, 3.05) is 19.6 Å². The quantitative estimate of drug-likeness (QED) is 0.564. The van der Waals surface area contributed by atoms with Crippen LogP contribution in [0.3, 0.4) is 0 Å². The summed E-state index contributed by atoms with van der Waals surface area (Å²) in [5.41, 5.74) is 2.51. The maximum Gasteiger partial charge on any atom is 0.191 e. The van der Waals surface area contributed by atoms with Crippen molar-refractivity contribution >= 4 is 5.96 Å². The van der Waals surface area contributed by atoms with E-state index in [1.54, 1.807) is 6.33 Å². The second-order valence-electron chi connectivity index (χ2n) is 5.53. The first-order valence-electron chi connectivity index (χ1n) is 8.53. The van der Waals surface area contributed by atoms with E-state index in [9.17, 15) is 0 Å². The van der Waals surface area contributed by atoms with Gasteiger partial charge in [-0.3, -0.25) is 9.98 Å². The molecule has 2 N–H and O–H groups in total. The van der Waals surface area contributed by atoms with Crippen molar-refractivity contribution in [3.8, 4) is 0 Å². The van der Waals surface area contributed by atoms with Crippen molar-refractivity contribution < 1.29 is 0 Å². The average molecular weight is 329 g/mol. The van der Waals surface area contributed by atoms with Gasteiger partial charge in [-0.2, -0.15) is 0 Å². The molecule has 2 rings (SSSR count). The SMILES string of the molecule is CCNC(=NCCc1ccncc1C)NCCn1cnnc1CC. The highest BCUT2D eigenvalue weighted by Crippen LogP contribution is 2.05. The standard InChI is InChI=1S/C17H27N7/c1-4-16-23-22-13-24(16)11-10-21-17(19-5-2)20-9-7-15-6-8-18-12-14(15)3/h6,8,12-13H,4-5,7,9-11H2,1-3H3,(H2,19,20,21). The predicted molar refractivity (Wildman–Crippen MR) is 96.1 cm³/mol. The van der Waals surface area contributed by atoms with Crippen LogP contribution in [0.25, 0.3) is 0 Å². The summed E-state index contributed by atoms with van der Waals surface area (Å²) in [6, 6.07) is 2.06. The molecule has 2 heterocycles. The van der Waals surface area contributed by atoms with E-state index in [0.29, 0.717) is 0 Å². The fraction of sp³-hybridized carbons (Fsp3) is 0.529. The Labute approximate surface area is 143 Å². The van der Waals surface area contributed by atoms with Gasteiger partial charge in [-0.15, -0.1) is 10.2 Å². The Morgan fingerprint density at radius 1 is 1.29 bits per heavy atom. The summed E-state index contributed by atoms with van der Waals surface area (Å²) >= 11 is 0. The van der Waals surface area contributed by atoms with Crippen LogP contribution in [0, 0.1) is 6.92 Å². The summed E-state index contributed by atoms with van der Waals surface area (Å²) in [6.45, 7) is 9.43. The van der Waals surface area contributed by atoms with Crippen LogP contribution >= 0.6 is 0 Å². The summed E-state index contributed by atoms with van der Waals surface area (Å²) in [5, 5.41) is 14.7. The molecule has 0 aliphatic rings. The van der Waals surface area contributed by atoms with Gasteiger partial charge in [0.15, 0.2) is 5.96 Å². The molecule has 0 radical (unpaired) electrons. The first kappa shape index (κ1) is 17.9. The number of pyridine rings is 1. The van der Waals surface area contributed by atoms with E-state index in [2.05, 4.69) is 62.2 Å². The number of hydrogen-bond donors (Lipinski definition) is 2. The number of aryl methyl sites for hydroxylation is 2. The minimum atomic E-state index is 0.743. The average Bonchev–Trinajstić information content (AvgIpc) is 3.04. The van der Waals surface area contributed by atoms with Crippen molar-refractivity contribution in [3.63, 3.8) is 0 Å². The highest BCUT2D eigenvalue weighted by Gasteiger charge is 2.02. The van der Waals surface area contributed by atoms with Crippen molar-refractivity contribution in [2.24, 2.45) is 4.99 Å². The molecule has 7 heteroatoms. The molecule has 2 aromatic heterocycles. The Balaban J connectivity index is 1.83. The van der Waals surface area contributed by atoms with E-state index < -0.39 is 0 Å². The van der Waals surface area contributed by atoms with Gasteiger partial charge in [0.1, 0.15) is 12.2 Å². The van der Waals surface area contributed by atoms with Crippen molar-refractivity contribution in [2.45, 2.75) is 40.2 Å². The molecular formula is C17H27N7. The maximum atomic E-state index is 4.64. The molecule has 0 aliphatic heterocycles. The molecule has 0 atom stereocenters. The molecule has 0 amide bonds. The molecule has 24 heavy (non-hydrogen) atoms. The Bertz CT molecular complexity index is 648. The fourth-order valence-electron chi connectivity index (χ4n) is 2.45. The van der Waals surface area contributed by atoms with Crippen LogP contribution in [0.1, 0.15) is 30.8 Å². The van der Waals surface area contributed by atoms with E-state index in [1.807, 2.05) is 12.4 Å². The third kappa shape index (κ3) is 5.33. The minimum Gasteiger partial charge on any atom is -0.357 e. The number of guanidine groups is 1. The first-order chi connectivity index (χ1) is 11.7. The van der Waals surface area contributed by atoms with E-state index >= 15 is 0 Å². The Hall–Kier alpha value is -2.44. The number of rotatable bonds is 8. The van der Waals surface area contributed by atoms with Crippen LogP contribution in [0.15, 0.2) is 29.8 Å². The summed E-state index contributed by atoms with van der Waals surface area (Å²) in [5.74, 6) is 1.85. The van der Waals surface area contributed by atoms with Crippen LogP contribution < -0.4 is 10.6 Å². The molecule has 7 nitrogen and oxygen atoms in total. The first-order valence-corrected chi connectivity index (χ1v) is 8.53. The summed E-state index contributed by atoms with van der Waals surface area (Å²) in [7, 11) is 0. The summed E-state index contributed by atoms with van der Waals surface area (Å²) < 4.78 is 2.07. The molecule has 0 bridgehead atoms. The van der Waals surface area contributed by atoms with Crippen LogP contribution in [-0.2, 0) is 19.4 Å². The third-order valence-corrected chi connectivity index (χ3v) is 3.79. The molecule has 0 aliphatic carbocycles. The van der Waals surface area contributed by atoms with Crippen LogP contribution in [-0.4, -0.2) is 45.3 Å². The molecule has 130 valence electrons. The lowest BCUT2D eigenvalue weighted by atomic mass is 10.1. The van der Waals surface area contributed by atoms with Crippen LogP contribution in [0.2, 0.25) is 0 Å². The zero-order chi connectivity index (χ0) is 17.2.